The van der Waals surface area contributed by atoms with Gasteiger partial charge in [0, 0.05) is 12.7 Å². The Hall–Kier alpha value is -2.01. The second kappa shape index (κ2) is 6.96. The first-order chi connectivity index (χ1) is 9.42. The lowest BCUT2D eigenvalue weighted by atomic mass is 10.1. The molecule has 0 fully saturated rings. The van der Waals surface area contributed by atoms with Gasteiger partial charge in [0.2, 0.25) is 5.78 Å². The Morgan fingerprint density at radius 1 is 1.20 bits per heavy atom. The Balaban J connectivity index is 2.84. The van der Waals surface area contributed by atoms with Crippen LogP contribution in [-0.4, -0.2) is 30.2 Å². The molecule has 5 heteroatoms. The zero-order chi connectivity index (χ0) is 15.2. The van der Waals surface area contributed by atoms with Crippen molar-refractivity contribution in [3.8, 4) is 0 Å². The minimum Gasteiger partial charge on any atom is -0.367 e. The fourth-order valence-corrected chi connectivity index (χ4v) is 1.31. The molecule has 0 radical (unpaired) electrons. The fraction of sp³-hybridized carbons (Fsp3) is 0.400. The molecular formula is C15H19NO4. The van der Waals surface area contributed by atoms with E-state index in [-0.39, 0.29) is 11.5 Å². The van der Waals surface area contributed by atoms with Crippen LogP contribution in [0.3, 0.4) is 0 Å². The van der Waals surface area contributed by atoms with Crippen molar-refractivity contribution in [2.24, 2.45) is 5.16 Å². The summed E-state index contributed by atoms with van der Waals surface area (Å²) in [6.07, 6.45) is 0.369. The first-order valence-electron chi connectivity index (χ1n) is 6.35. The molecule has 0 saturated heterocycles. The van der Waals surface area contributed by atoms with Gasteiger partial charge in [-0.05, 0) is 20.3 Å². The summed E-state index contributed by atoms with van der Waals surface area (Å²) in [7, 11) is 1.40. The first-order valence-corrected chi connectivity index (χ1v) is 6.35. The normalized spacial score (nSPS) is 12.1. The van der Waals surface area contributed by atoms with Crippen molar-refractivity contribution < 1.29 is 19.2 Å². The van der Waals surface area contributed by atoms with E-state index in [1.807, 2.05) is 6.07 Å². The second-order valence-corrected chi connectivity index (χ2v) is 4.68. The Morgan fingerprint density at radius 3 is 2.30 bits per heavy atom. The molecule has 20 heavy (non-hydrogen) atoms. The third-order valence-corrected chi connectivity index (χ3v) is 2.87. The summed E-state index contributed by atoms with van der Waals surface area (Å²) in [4.78, 5) is 28.7. The number of carbonyl (C=O) groups is 2. The minimum atomic E-state index is -1.10. The van der Waals surface area contributed by atoms with Crippen LogP contribution in [0.15, 0.2) is 35.5 Å². The molecule has 1 aromatic rings. The van der Waals surface area contributed by atoms with E-state index in [1.54, 1.807) is 45.0 Å². The lowest BCUT2D eigenvalue weighted by Crippen LogP contribution is -2.35. The van der Waals surface area contributed by atoms with Crippen molar-refractivity contribution in [1.82, 2.24) is 0 Å². The van der Waals surface area contributed by atoms with Crippen LogP contribution in [0.1, 0.15) is 37.6 Å². The van der Waals surface area contributed by atoms with E-state index in [2.05, 4.69) is 5.16 Å². The summed E-state index contributed by atoms with van der Waals surface area (Å²) in [5.41, 5.74) is -0.399. The van der Waals surface area contributed by atoms with Crippen LogP contribution in [0, 0.1) is 0 Å². The molecule has 0 heterocycles. The molecule has 1 aromatic carbocycles. The maximum Gasteiger partial charge on any atom is 0.365 e. The van der Waals surface area contributed by atoms with E-state index in [1.165, 1.54) is 7.11 Å². The van der Waals surface area contributed by atoms with Gasteiger partial charge < -0.3 is 9.57 Å². The van der Waals surface area contributed by atoms with Crippen LogP contribution < -0.4 is 0 Å². The summed E-state index contributed by atoms with van der Waals surface area (Å²) in [6, 6.07) is 8.73. The molecule has 0 aliphatic heterocycles. The van der Waals surface area contributed by atoms with E-state index < -0.39 is 11.6 Å². The zero-order valence-corrected chi connectivity index (χ0v) is 12.2. The van der Waals surface area contributed by atoms with Crippen LogP contribution in [-0.2, 0) is 14.4 Å². The Kier molecular flexibility index (Phi) is 5.58. The van der Waals surface area contributed by atoms with Gasteiger partial charge in [0.1, 0.15) is 5.71 Å². The van der Waals surface area contributed by atoms with Gasteiger partial charge in [-0.2, -0.15) is 0 Å². The highest BCUT2D eigenvalue weighted by molar-refractivity contribution is 6.45. The molecule has 0 amide bonds. The van der Waals surface area contributed by atoms with Crippen LogP contribution in [0.25, 0.3) is 0 Å². The number of hydrogen-bond donors (Lipinski definition) is 0. The van der Waals surface area contributed by atoms with Gasteiger partial charge in [0.25, 0.3) is 0 Å². The summed E-state index contributed by atoms with van der Waals surface area (Å²) < 4.78 is 4.98. The van der Waals surface area contributed by atoms with Crippen molar-refractivity contribution >= 4 is 17.5 Å². The molecule has 0 N–H and O–H groups in total. The number of rotatable bonds is 6. The van der Waals surface area contributed by atoms with Crippen molar-refractivity contribution in [2.75, 3.05) is 7.11 Å². The van der Waals surface area contributed by atoms with Crippen LogP contribution in [0.4, 0.5) is 0 Å². The summed E-state index contributed by atoms with van der Waals surface area (Å²) in [6.45, 7) is 4.90. The largest absolute Gasteiger partial charge is 0.367 e. The van der Waals surface area contributed by atoms with Gasteiger partial charge in [-0.1, -0.05) is 42.4 Å². The molecule has 0 saturated carbocycles. The number of hydrogen-bond acceptors (Lipinski definition) is 5. The number of carbonyl (C=O) groups excluding carboxylic acids is 2. The average Bonchev–Trinajstić information content (AvgIpc) is 2.48. The zero-order valence-electron chi connectivity index (χ0n) is 12.2. The fourth-order valence-electron chi connectivity index (χ4n) is 1.31. The molecule has 0 aliphatic rings. The Morgan fingerprint density at radius 2 is 1.80 bits per heavy atom. The number of methoxy groups -OCH3 is 1. The molecule has 1 rings (SSSR count). The highest BCUT2D eigenvalue weighted by atomic mass is 16.7. The quantitative estimate of drug-likeness (QED) is 0.347. The molecule has 5 nitrogen and oxygen atoms in total. The summed E-state index contributed by atoms with van der Waals surface area (Å²) in [5, 5.41) is 3.67. The standard InChI is InChI=1S/C15H19NO4/c1-5-12(13(17)11-9-7-6-8-10-11)16-20-14(18)15(2,3)19-4/h6-10H,5H2,1-4H3/b16-12+. The minimum absolute atomic E-state index is 0.191. The van der Waals surface area contributed by atoms with Crippen LogP contribution >= 0.6 is 0 Å². The third kappa shape index (κ3) is 3.99. The maximum absolute atomic E-state index is 12.2. The van der Waals surface area contributed by atoms with E-state index in [0.717, 1.165) is 0 Å². The van der Waals surface area contributed by atoms with E-state index in [4.69, 9.17) is 9.57 Å². The van der Waals surface area contributed by atoms with Gasteiger partial charge in [-0.15, -0.1) is 0 Å². The molecule has 0 spiro atoms. The number of benzene rings is 1. The predicted molar refractivity (Wildman–Crippen MR) is 75.7 cm³/mol. The molecule has 0 aromatic heterocycles. The predicted octanol–water partition coefficient (Wildman–Crippen LogP) is 2.60. The SMILES string of the molecule is CC/C(=N\OC(=O)C(C)(C)OC)C(=O)c1ccccc1. The lowest BCUT2D eigenvalue weighted by Gasteiger charge is -2.18. The van der Waals surface area contributed by atoms with Gasteiger partial charge in [0.15, 0.2) is 5.60 Å². The lowest BCUT2D eigenvalue weighted by molar-refractivity contribution is -0.165. The topological polar surface area (TPSA) is 65.0 Å². The number of ether oxygens (including phenoxy) is 1. The smallest absolute Gasteiger partial charge is 0.365 e. The number of Topliss-reactive ketones (excluding diaryl/α,β-unsaturated/α-hetero) is 1. The Bertz CT molecular complexity index is 506. The molecular weight excluding hydrogens is 258 g/mol. The van der Waals surface area contributed by atoms with E-state index in [9.17, 15) is 9.59 Å². The van der Waals surface area contributed by atoms with Crippen molar-refractivity contribution in [3.05, 3.63) is 35.9 Å². The van der Waals surface area contributed by atoms with Gasteiger partial charge in [-0.25, -0.2) is 4.79 Å². The van der Waals surface area contributed by atoms with Crippen molar-refractivity contribution in [2.45, 2.75) is 32.8 Å². The van der Waals surface area contributed by atoms with Gasteiger partial charge in [-0.3, -0.25) is 4.79 Å². The maximum atomic E-state index is 12.2. The van der Waals surface area contributed by atoms with E-state index in [0.29, 0.717) is 12.0 Å². The van der Waals surface area contributed by atoms with Crippen molar-refractivity contribution in [3.63, 3.8) is 0 Å². The molecule has 0 bridgehead atoms. The summed E-state index contributed by atoms with van der Waals surface area (Å²) in [5.74, 6) is -0.900. The first kappa shape index (κ1) is 16.0. The summed E-state index contributed by atoms with van der Waals surface area (Å²) >= 11 is 0. The molecule has 108 valence electrons. The number of oxime groups is 1. The Labute approximate surface area is 118 Å². The van der Waals surface area contributed by atoms with Gasteiger partial charge in [0.05, 0.1) is 0 Å². The number of ketones is 1. The van der Waals surface area contributed by atoms with Crippen LogP contribution in [0.2, 0.25) is 0 Å². The molecule has 0 atom stereocenters. The second-order valence-electron chi connectivity index (χ2n) is 4.68. The highest BCUT2D eigenvalue weighted by Crippen LogP contribution is 2.11. The number of nitrogens with zero attached hydrogens (tertiary/aromatic N) is 1. The van der Waals surface area contributed by atoms with Crippen molar-refractivity contribution in [1.29, 1.82) is 0 Å². The monoisotopic (exact) mass is 277 g/mol. The van der Waals surface area contributed by atoms with Crippen LogP contribution in [0.5, 0.6) is 0 Å². The average molecular weight is 277 g/mol. The molecule has 0 aliphatic carbocycles. The highest BCUT2D eigenvalue weighted by Gasteiger charge is 2.29. The van der Waals surface area contributed by atoms with Gasteiger partial charge >= 0.3 is 5.97 Å². The molecule has 0 unspecified atom stereocenters. The van der Waals surface area contributed by atoms with E-state index >= 15 is 0 Å². The third-order valence-electron chi connectivity index (χ3n) is 2.87.